The van der Waals surface area contributed by atoms with E-state index in [0.717, 1.165) is 20.6 Å². The number of amides is 2. The maximum atomic E-state index is 13.5. The van der Waals surface area contributed by atoms with Gasteiger partial charge in [0.1, 0.15) is 5.92 Å². The van der Waals surface area contributed by atoms with Gasteiger partial charge in [-0.05, 0) is 42.0 Å². The first-order chi connectivity index (χ1) is 14.6. The Balaban J connectivity index is 1.60. The molecule has 2 heterocycles. The van der Waals surface area contributed by atoms with Crippen molar-refractivity contribution in [3.63, 3.8) is 0 Å². The van der Waals surface area contributed by atoms with Crippen LogP contribution in [0.1, 0.15) is 11.6 Å². The third-order valence-corrected chi connectivity index (χ3v) is 6.28. The Morgan fingerprint density at radius 1 is 0.833 bits per heavy atom. The number of hydrogen-bond donors (Lipinski definition) is 0. The van der Waals surface area contributed by atoms with Crippen molar-refractivity contribution in [1.29, 1.82) is 0 Å². The van der Waals surface area contributed by atoms with Crippen LogP contribution in [0.4, 0.5) is 11.4 Å². The highest BCUT2D eigenvalue weighted by atomic mass is 79.9. The Labute approximate surface area is 186 Å². The third-order valence-electron chi connectivity index (χ3n) is 5.43. The van der Waals surface area contributed by atoms with E-state index in [1.165, 1.54) is 0 Å². The molecule has 0 N–H and O–H groups in total. The number of halogens is 2. The Morgan fingerprint density at radius 2 is 1.50 bits per heavy atom. The summed E-state index contributed by atoms with van der Waals surface area (Å²) >= 11 is 9.74. The summed E-state index contributed by atoms with van der Waals surface area (Å²) in [5, 5.41) is 2.03. The second-order valence-electron chi connectivity index (χ2n) is 7.17. The zero-order valence-corrected chi connectivity index (χ0v) is 18.0. The molecule has 0 bridgehead atoms. The van der Waals surface area contributed by atoms with Crippen molar-refractivity contribution in [3.05, 3.63) is 93.9 Å². The average molecular weight is 484 g/mol. The van der Waals surface area contributed by atoms with Crippen molar-refractivity contribution in [3.8, 4) is 0 Å². The Hall–Kier alpha value is -2.67. The summed E-state index contributed by atoms with van der Waals surface area (Å²) in [4.78, 5) is 34.0. The number of hydrogen-bond acceptors (Lipinski definition) is 4. The molecule has 5 rings (SSSR count). The molecule has 0 spiro atoms. The third kappa shape index (κ3) is 3.03. The van der Waals surface area contributed by atoms with Crippen LogP contribution in [0.5, 0.6) is 0 Å². The summed E-state index contributed by atoms with van der Waals surface area (Å²) in [6.45, 7) is 0. The zero-order valence-electron chi connectivity index (χ0n) is 15.6. The normalized spacial score (nSPS) is 23.2. The molecule has 3 aromatic carbocycles. The molecule has 0 aliphatic carbocycles. The second kappa shape index (κ2) is 7.54. The molecular weight excluding hydrogens is 468 g/mol. The van der Waals surface area contributed by atoms with Crippen molar-refractivity contribution in [1.82, 2.24) is 0 Å². The number of carbonyl (C=O) groups excluding carboxylic acids is 2. The minimum Gasteiger partial charge on any atom is -0.273 e. The first kappa shape index (κ1) is 19.3. The van der Waals surface area contributed by atoms with E-state index in [9.17, 15) is 9.59 Å². The van der Waals surface area contributed by atoms with E-state index in [4.69, 9.17) is 16.4 Å². The molecule has 3 atom stereocenters. The lowest BCUT2D eigenvalue weighted by molar-refractivity contribution is -0.126. The van der Waals surface area contributed by atoms with Gasteiger partial charge in [-0.3, -0.25) is 14.4 Å². The van der Waals surface area contributed by atoms with Gasteiger partial charge < -0.3 is 0 Å². The molecule has 0 saturated carbocycles. The highest BCUT2D eigenvalue weighted by Crippen LogP contribution is 2.48. The van der Waals surface area contributed by atoms with Gasteiger partial charge in [0.25, 0.3) is 5.91 Å². The molecule has 7 heteroatoms. The summed E-state index contributed by atoms with van der Waals surface area (Å²) in [6, 6.07) is 23.6. The van der Waals surface area contributed by atoms with Gasteiger partial charge in [0, 0.05) is 4.47 Å². The van der Waals surface area contributed by atoms with Crippen molar-refractivity contribution in [2.45, 2.75) is 12.1 Å². The van der Waals surface area contributed by atoms with Crippen LogP contribution in [0.2, 0.25) is 5.02 Å². The highest BCUT2D eigenvalue weighted by Gasteiger charge is 2.60. The number of anilines is 2. The predicted octanol–water partition coefficient (Wildman–Crippen LogP) is 5.15. The minimum atomic E-state index is -0.914. The highest BCUT2D eigenvalue weighted by molar-refractivity contribution is 9.10. The fourth-order valence-electron chi connectivity index (χ4n) is 4.08. The predicted molar refractivity (Wildman–Crippen MR) is 118 cm³/mol. The van der Waals surface area contributed by atoms with E-state index < -0.39 is 24.0 Å². The quantitative estimate of drug-likeness (QED) is 0.483. The standard InChI is InChI=1S/C23H16BrClN2O3/c24-15-12-10-14(11-13-15)20-19-21(30-27(20)16-6-2-1-3-7-16)23(29)26(22(19)28)18-9-5-4-8-17(18)25/h1-13,19-21H/t19-,20-,21-/m1/s1. The SMILES string of the molecule is O=C1[C@@H]2[C@@H](c3ccc(Br)cc3)N(c3ccccc3)O[C@H]2C(=O)N1c1ccccc1Cl. The number of benzene rings is 3. The zero-order chi connectivity index (χ0) is 20.8. The lowest BCUT2D eigenvalue weighted by Gasteiger charge is -2.29. The molecule has 150 valence electrons. The smallest absolute Gasteiger partial charge is 0.266 e. The van der Waals surface area contributed by atoms with E-state index in [0.29, 0.717) is 10.7 Å². The maximum Gasteiger partial charge on any atom is 0.266 e. The molecule has 2 saturated heterocycles. The monoisotopic (exact) mass is 482 g/mol. The number of carbonyl (C=O) groups is 2. The number of rotatable bonds is 3. The van der Waals surface area contributed by atoms with Crippen LogP contribution in [-0.4, -0.2) is 17.9 Å². The van der Waals surface area contributed by atoms with Crippen molar-refractivity contribution < 1.29 is 14.4 Å². The molecule has 2 aliphatic rings. The lowest BCUT2D eigenvalue weighted by atomic mass is 9.90. The molecule has 0 radical (unpaired) electrons. The molecular formula is C23H16BrClN2O3. The van der Waals surface area contributed by atoms with Crippen molar-refractivity contribution in [2.24, 2.45) is 5.92 Å². The van der Waals surface area contributed by atoms with Crippen LogP contribution >= 0.6 is 27.5 Å². The number of para-hydroxylation sites is 2. The Bertz CT molecular complexity index is 1120. The number of hydroxylamine groups is 1. The van der Waals surface area contributed by atoms with Gasteiger partial charge in [-0.25, -0.2) is 9.96 Å². The first-order valence-electron chi connectivity index (χ1n) is 9.45. The Kier molecular flexibility index (Phi) is 4.85. The molecule has 0 unspecified atom stereocenters. The van der Waals surface area contributed by atoms with Crippen molar-refractivity contribution in [2.75, 3.05) is 9.96 Å². The Morgan fingerprint density at radius 3 is 2.20 bits per heavy atom. The maximum absolute atomic E-state index is 13.5. The first-order valence-corrected chi connectivity index (χ1v) is 10.6. The largest absolute Gasteiger partial charge is 0.273 e. The van der Waals surface area contributed by atoms with E-state index >= 15 is 0 Å². The van der Waals surface area contributed by atoms with Gasteiger partial charge in [0.2, 0.25) is 5.91 Å². The van der Waals surface area contributed by atoms with Crippen LogP contribution < -0.4 is 9.96 Å². The summed E-state index contributed by atoms with van der Waals surface area (Å²) < 4.78 is 0.930. The fraction of sp³-hybridized carbons (Fsp3) is 0.130. The van der Waals surface area contributed by atoms with Gasteiger partial charge in [0.05, 0.1) is 22.4 Å². The average Bonchev–Trinajstić information content (AvgIpc) is 3.26. The van der Waals surface area contributed by atoms with Gasteiger partial charge in [-0.15, -0.1) is 0 Å². The molecule has 5 nitrogen and oxygen atoms in total. The van der Waals surface area contributed by atoms with Crippen LogP contribution in [0.15, 0.2) is 83.3 Å². The molecule has 0 aromatic heterocycles. The minimum absolute atomic E-state index is 0.315. The molecule has 30 heavy (non-hydrogen) atoms. The van der Waals surface area contributed by atoms with Gasteiger partial charge in [0.15, 0.2) is 6.10 Å². The van der Waals surface area contributed by atoms with Crippen LogP contribution in [0.3, 0.4) is 0 Å². The summed E-state index contributed by atoms with van der Waals surface area (Å²) in [5.41, 5.74) is 2.05. The van der Waals surface area contributed by atoms with E-state index in [2.05, 4.69) is 15.9 Å². The summed E-state index contributed by atoms with van der Waals surface area (Å²) in [5.74, 6) is -1.40. The van der Waals surface area contributed by atoms with Gasteiger partial charge >= 0.3 is 0 Å². The lowest BCUT2D eigenvalue weighted by Crippen LogP contribution is -2.37. The van der Waals surface area contributed by atoms with E-state index in [1.807, 2.05) is 54.6 Å². The van der Waals surface area contributed by atoms with E-state index in [-0.39, 0.29) is 5.91 Å². The molecule has 3 aromatic rings. The van der Waals surface area contributed by atoms with Crippen LogP contribution in [-0.2, 0) is 14.4 Å². The van der Waals surface area contributed by atoms with Crippen molar-refractivity contribution >= 4 is 50.7 Å². The summed E-state index contributed by atoms with van der Waals surface area (Å²) in [6.07, 6.45) is -0.914. The number of fused-ring (bicyclic) bond motifs is 1. The van der Waals surface area contributed by atoms with Gasteiger partial charge in [-0.1, -0.05) is 70.0 Å². The number of imide groups is 1. The molecule has 2 fully saturated rings. The van der Waals surface area contributed by atoms with Crippen LogP contribution in [0, 0.1) is 5.92 Å². The fourth-order valence-corrected chi connectivity index (χ4v) is 4.57. The van der Waals surface area contributed by atoms with Gasteiger partial charge in [-0.2, -0.15) is 0 Å². The summed E-state index contributed by atoms with van der Waals surface area (Å²) in [7, 11) is 0. The second-order valence-corrected chi connectivity index (χ2v) is 8.50. The van der Waals surface area contributed by atoms with Crippen LogP contribution in [0.25, 0.3) is 0 Å². The number of nitrogens with zero attached hydrogens (tertiary/aromatic N) is 2. The molecule has 2 amide bonds. The topological polar surface area (TPSA) is 49.9 Å². The van der Waals surface area contributed by atoms with E-state index in [1.54, 1.807) is 29.3 Å². The molecule has 2 aliphatic heterocycles.